The van der Waals surface area contributed by atoms with Crippen LogP contribution in [0.5, 0.6) is 5.75 Å². The summed E-state index contributed by atoms with van der Waals surface area (Å²) in [4.78, 5) is 3.66. The summed E-state index contributed by atoms with van der Waals surface area (Å²) in [6, 6.07) is 0.532. The number of phenolic OH excluding ortho intramolecular Hbond substituents is 1. The highest BCUT2D eigenvalue weighted by Gasteiger charge is 2.23. The maximum absolute atomic E-state index is 13.6. The van der Waals surface area contributed by atoms with Crippen LogP contribution in [0.1, 0.15) is 12.7 Å². The van der Waals surface area contributed by atoms with E-state index in [-0.39, 0.29) is 11.5 Å². The van der Waals surface area contributed by atoms with Crippen LogP contribution in [0, 0.1) is 22.9 Å². The number of allylic oxidation sites excluding steroid dienone is 2. The summed E-state index contributed by atoms with van der Waals surface area (Å²) in [6.07, 6.45) is 2.92. The summed E-state index contributed by atoms with van der Waals surface area (Å²) in [7, 11) is 0. The molecule has 20 heavy (non-hydrogen) atoms. The van der Waals surface area contributed by atoms with E-state index in [2.05, 4.69) is 14.7 Å². The van der Waals surface area contributed by atoms with Gasteiger partial charge in [-0.15, -0.1) is 0 Å². The van der Waals surface area contributed by atoms with E-state index >= 15 is 0 Å². The van der Waals surface area contributed by atoms with Gasteiger partial charge in [-0.3, -0.25) is 5.41 Å². The predicted octanol–water partition coefficient (Wildman–Crippen LogP) is 2.80. The number of aromatic nitrogens is 2. The van der Waals surface area contributed by atoms with Gasteiger partial charge in [-0.25, -0.2) is 8.78 Å². The zero-order valence-corrected chi connectivity index (χ0v) is 10.1. The minimum atomic E-state index is -1.75. The van der Waals surface area contributed by atoms with Crippen molar-refractivity contribution in [2.75, 3.05) is 0 Å². The summed E-state index contributed by atoms with van der Waals surface area (Å²) in [5.41, 5.74) is -0.743. The van der Waals surface area contributed by atoms with Crippen LogP contribution < -0.4 is 0 Å². The van der Waals surface area contributed by atoms with Crippen molar-refractivity contribution >= 4 is 5.71 Å². The van der Waals surface area contributed by atoms with Crippen molar-refractivity contribution in [3.63, 3.8) is 0 Å². The molecular weight excluding hydrogens is 275 g/mol. The minimum absolute atomic E-state index is 0.109. The number of aromatic hydroxyl groups is 1. The second-order valence-electron chi connectivity index (χ2n) is 3.72. The van der Waals surface area contributed by atoms with Gasteiger partial charge in [0.05, 0.1) is 5.56 Å². The van der Waals surface area contributed by atoms with Crippen LogP contribution in [0.2, 0.25) is 0 Å². The average Bonchev–Trinajstić information content (AvgIpc) is 2.90. The number of hydrogen-bond acceptors (Lipinski definition) is 5. The Balaban J connectivity index is 2.51. The van der Waals surface area contributed by atoms with Crippen molar-refractivity contribution in [2.45, 2.75) is 6.92 Å². The topological polar surface area (TPSA) is 83.0 Å². The normalized spacial score (nSPS) is 11.2. The number of rotatable bonds is 3. The van der Waals surface area contributed by atoms with E-state index < -0.39 is 34.7 Å². The van der Waals surface area contributed by atoms with Crippen molar-refractivity contribution in [1.82, 2.24) is 10.1 Å². The van der Waals surface area contributed by atoms with Gasteiger partial charge >= 0.3 is 0 Å². The molecule has 104 valence electrons. The summed E-state index contributed by atoms with van der Waals surface area (Å²) in [6.45, 7) is 1.67. The number of halogens is 3. The van der Waals surface area contributed by atoms with Crippen LogP contribution in [0.3, 0.4) is 0 Å². The number of benzene rings is 1. The SMILES string of the molecule is C/C=C\C(=N)c1noc(-c2cc(F)c(O)c(F)c2F)n1. The van der Waals surface area contributed by atoms with E-state index in [1.807, 2.05) is 0 Å². The lowest BCUT2D eigenvalue weighted by atomic mass is 10.2. The molecule has 8 heteroatoms. The Morgan fingerprint density at radius 3 is 2.70 bits per heavy atom. The van der Waals surface area contributed by atoms with E-state index in [4.69, 9.17) is 10.5 Å². The van der Waals surface area contributed by atoms with Gasteiger partial charge in [-0.2, -0.15) is 9.37 Å². The molecule has 2 aromatic rings. The highest BCUT2D eigenvalue weighted by Crippen LogP contribution is 2.30. The Morgan fingerprint density at radius 1 is 1.35 bits per heavy atom. The zero-order valence-electron chi connectivity index (χ0n) is 10.1. The van der Waals surface area contributed by atoms with Crippen LogP contribution in [-0.4, -0.2) is 21.0 Å². The first-order valence-corrected chi connectivity index (χ1v) is 5.37. The molecule has 0 aliphatic rings. The van der Waals surface area contributed by atoms with Gasteiger partial charge in [0.2, 0.25) is 11.6 Å². The lowest BCUT2D eigenvalue weighted by Gasteiger charge is -2.02. The maximum Gasteiger partial charge on any atom is 0.261 e. The largest absolute Gasteiger partial charge is 0.503 e. The predicted molar refractivity (Wildman–Crippen MR) is 62.9 cm³/mol. The molecule has 0 saturated heterocycles. The molecule has 2 N–H and O–H groups in total. The van der Waals surface area contributed by atoms with Crippen LogP contribution >= 0.6 is 0 Å². The van der Waals surface area contributed by atoms with E-state index in [1.54, 1.807) is 13.0 Å². The molecule has 0 aliphatic carbocycles. The average molecular weight is 283 g/mol. The number of nitrogens with zero attached hydrogens (tertiary/aromatic N) is 2. The molecule has 0 spiro atoms. The molecule has 0 aliphatic heterocycles. The third kappa shape index (κ3) is 2.27. The van der Waals surface area contributed by atoms with Gasteiger partial charge in [0.15, 0.2) is 17.4 Å². The second kappa shape index (κ2) is 5.16. The smallest absolute Gasteiger partial charge is 0.261 e. The second-order valence-corrected chi connectivity index (χ2v) is 3.72. The molecule has 2 rings (SSSR count). The van der Waals surface area contributed by atoms with Crippen LogP contribution in [0.4, 0.5) is 13.2 Å². The van der Waals surface area contributed by atoms with E-state index in [0.717, 1.165) is 0 Å². The van der Waals surface area contributed by atoms with Gasteiger partial charge in [0, 0.05) is 0 Å². The Kier molecular flexibility index (Phi) is 3.55. The third-order valence-corrected chi connectivity index (χ3v) is 2.37. The lowest BCUT2D eigenvalue weighted by Crippen LogP contribution is -1.98. The van der Waals surface area contributed by atoms with Crippen molar-refractivity contribution in [3.05, 3.63) is 41.5 Å². The fourth-order valence-corrected chi connectivity index (χ4v) is 1.42. The number of hydrogen-bond donors (Lipinski definition) is 2. The Morgan fingerprint density at radius 2 is 2.05 bits per heavy atom. The summed E-state index contributed by atoms with van der Waals surface area (Å²) in [5, 5.41) is 19.8. The maximum atomic E-state index is 13.6. The van der Waals surface area contributed by atoms with Gasteiger partial charge in [0.25, 0.3) is 5.89 Å². The standard InChI is InChI=1S/C12H8F3N3O2/c1-2-3-7(16)11-17-12(20-18-11)5-4-6(13)10(19)9(15)8(5)14/h2-4,16,19H,1H3/b3-2-,16-7?. The Hall–Kier alpha value is -2.64. The molecule has 0 radical (unpaired) electrons. The molecule has 0 saturated carbocycles. The van der Waals surface area contributed by atoms with Crippen LogP contribution in [0.25, 0.3) is 11.5 Å². The molecule has 1 aromatic heterocycles. The molecule has 5 nitrogen and oxygen atoms in total. The van der Waals surface area contributed by atoms with Crippen LogP contribution in [0.15, 0.2) is 22.7 Å². The minimum Gasteiger partial charge on any atom is -0.503 e. The summed E-state index contributed by atoms with van der Waals surface area (Å²) >= 11 is 0. The zero-order chi connectivity index (χ0) is 14.9. The van der Waals surface area contributed by atoms with Crippen molar-refractivity contribution in [2.24, 2.45) is 0 Å². The van der Waals surface area contributed by atoms with E-state index in [9.17, 15) is 13.2 Å². The lowest BCUT2D eigenvalue weighted by molar-refractivity contribution is 0.374. The van der Waals surface area contributed by atoms with Crippen molar-refractivity contribution in [3.8, 4) is 17.2 Å². The Bertz CT molecular complexity index is 710. The summed E-state index contributed by atoms with van der Waals surface area (Å²) in [5.74, 6) is -6.70. The van der Waals surface area contributed by atoms with E-state index in [1.165, 1.54) is 6.08 Å². The Labute approximate surface area is 110 Å². The highest BCUT2D eigenvalue weighted by atomic mass is 19.2. The molecule has 0 atom stereocenters. The van der Waals surface area contributed by atoms with Gasteiger partial charge < -0.3 is 9.63 Å². The van der Waals surface area contributed by atoms with Crippen LogP contribution in [-0.2, 0) is 0 Å². The summed E-state index contributed by atoms with van der Waals surface area (Å²) < 4.78 is 44.7. The first-order valence-electron chi connectivity index (χ1n) is 5.37. The molecular formula is C12H8F3N3O2. The molecule has 0 fully saturated rings. The number of phenols is 1. The first-order chi connectivity index (χ1) is 9.45. The highest BCUT2D eigenvalue weighted by molar-refractivity contribution is 6.03. The van der Waals surface area contributed by atoms with Crippen molar-refractivity contribution in [1.29, 1.82) is 5.41 Å². The molecule has 0 unspecified atom stereocenters. The molecule has 1 aromatic carbocycles. The van der Waals surface area contributed by atoms with Gasteiger partial charge in [-0.05, 0) is 19.1 Å². The molecule has 1 heterocycles. The van der Waals surface area contributed by atoms with E-state index in [0.29, 0.717) is 6.07 Å². The first kappa shape index (κ1) is 13.8. The molecule has 0 bridgehead atoms. The number of nitrogens with one attached hydrogen (secondary N) is 1. The fourth-order valence-electron chi connectivity index (χ4n) is 1.42. The van der Waals surface area contributed by atoms with Gasteiger partial charge in [0.1, 0.15) is 5.71 Å². The molecule has 0 amide bonds. The third-order valence-electron chi connectivity index (χ3n) is 2.37. The van der Waals surface area contributed by atoms with Crippen molar-refractivity contribution < 1.29 is 22.8 Å². The van der Waals surface area contributed by atoms with Gasteiger partial charge in [-0.1, -0.05) is 11.2 Å². The fraction of sp³-hybridized carbons (Fsp3) is 0.0833. The quantitative estimate of drug-likeness (QED) is 0.670. The monoisotopic (exact) mass is 283 g/mol.